The fourth-order valence-corrected chi connectivity index (χ4v) is 5.58. The molecule has 0 bridgehead atoms. The van der Waals surface area contributed by atoms with Gasteiger partial charge in [0.05, 0.1) is 0 Å². The summed E-state index contributed by atoms with van der Waals surface area (Å²) < 4.78 is 5.69. The fraction of sp³-hybridized carbons (Fsp3) is 0.750. The van der Waals surface area contributed by atoms with Crippen LogP contribution in [0.4, 0.5) is 0 Å². The summed E-state index contributed by atoms with van der Waals surface area (Å²) >= 11 is 0. The molecule has 5 atom stereocenters. The Bertz CT molecular complexity index is 482. The predicted octanol–water partition coefficient (Wildman–Crippen LogP) is 2.89. The molecule has 0 aromatic rings. The van der Waals surface area contributed by atoms with E-state index in [1.807, 2.05) is 6.08 Å². The third kappa shape index (κ3) is 1.34. The molecule has 0 spiro atoms. The van der Waals surface area contributed by atoms with Gasteiger partial charge < -0.3 is 4.74 Å². The second-order valence-electron chi connectivity index (χ2n) is 7.27. The lowest BCUT2D eigenvalue weighted by Gasteiger charge is -2.37. The zero-order valence-corrected chi connectivity index (χ0v) is 12.0. The van der Waals surface area contributed by atoms with Crippen molar-refractivity contribution in [1.29, 1.82) is 0 Å². The first-order valence-corrected chi connectivity index (χ1v) is 7.14. The SMILES string of the molecule is C=C[C@H]1C[C@@]2(C)CC[C@@]3(C)CC(=O)[C@]1(OC(C)=O)C32. The van der Waals surface area contributed by atoms with E-state index in [4.69, 9.17) is 4.74 Å². The number of carbonyl (C=O) groups excluding carboxylic acids is 2. The maximum Gasteiger partial charge on any atom is 0.303 e. The van der Waals surface area contributed by atoms with Crippen molar-refractivity contribution in [3.8, 4) is 0 Å². The van der Waals surface area contributed by atoms with Crippen molar-refractivity contribution in [1.82, 2.24) is 0 Å². The van der Waals surface area contributed by atoms with E-state index in [-0.39, 0.29) is 34.4 Å². The zero-order chi connectivity index (χ0) is 14.1. The fourth-order valence-electron chi connectivity index (χ4n) is 5.58. The average Bonchev–Trinajstić information content (AvgIpc) is 2.79. The second kappa shape index (κ2) is 3.50. The molecule has 0 aromatic heterocycles. The predicted molar refractivity (Wildman–Crippen MR) is 71.4 cm³/mol. The van der Waals surface area contributed by atoms with Crippen molar-refractivity contribution in [2.45, 2.75) is 52.1 Å². The van der Waals surface area contributed by atoms with Crippen molar-refractivity contribution in [2.24, 2.45) is 22.7 Å². The van der Waals surface area contributed by atoms with Gasteiger partial charge in [0, 0.05) is 25.2 Å². The molecule has 19 heavy (non-hydrogen) atoms. The molecule has 0 aromatic carbocycles. The second-order valence-corrected chi connectivity index (χ2v) is 7.27. The molecule has 3 aliphatic carbocycles. The van der Waals surface area contributed by atoms with Gasteiger partial charge in [-0.2, -0.15) is 0 Å². The number of carbonyl (C=O) groups is 2. The highest BCUT2D eigenvalue weighted by atomic mass is 16.6. The van der Waals surface area contributed by atoms with Gasteiger partial charge in [-0.05, 0) is 30.1 Å². The highest BCUT2D eigenvalue weighted by Gasteiger charge is 2.76. The average molecular weight is 262 g/mol. The lowest BCUT2D eigenvalue weighted by atomic mass is 9.72. The van der Waals surface area contributed by atoms with E-state index >= 15 is 0 Å². The van der Waals surface area contributed by atoms with Gasteiger partial charge in [0.25, 0.3) is 0 Å². The van der Waals surface area contributed by atoms with E-state index in [1.54, 1.807) is 0 Å². The van der Waals surface area contributed by atoms with Gasteiger partial charge in [0.1, 0.15) is 0 Å². The third-order valence-electron chi connectivity index (χ3n) is 5.92. The van der Waals surface area contributed by atoms with E-state index in [1.165, 1.54) is 6.92 Å². The summed E-state index contributed by atoms with van der Waals surface area (Å²) in [5, 5.41) is 0. The third-order valence-corrected chi connectivity index (χ3v) is 5.92. The standard InChI is InChI=1S/C16H22O3/c1-5-11-8-14(3)6-7-15(4)9-12(18)16(11,13(14)15)19-10(2)17/h5,11,13H,1,6-9H2,2-4H3/t11-,13?,14+,15-,16-/m0/s1. The number of Topliss-reactive ketones (excluding diaryl/α,β-unsaturated/α-hetero) is 1. The Labute approximate surface area is 114 Å². The Balaban J connectivity index is 2.18. The van der Waals surface area contributed by atoms with Crippen molar-refractivity contribution in [3.05, 3.63) is 12.7 Å². The Morgan fingerprint density at radius 3 is 2.58 bits per heavy atom. The van der Waals surface area contributed by atoms with E-state index in [2.05, 4.69) is 20.4 Å². The smallest absolute Gasteiger partial charge is 0.303 e. The number of ether oxygens (including phenoxy) is 1. The normalized spacial score (nSPS) is 51.2. The number of ketones is 1. The van der Waals surface area contributed by atoms with Crippen molar-refractivity contribution in [3.63, 3.8) is 0 Å². The maximum absolute atomic E-state index is 12.7. The molecule has 104 valence electrons. The molecular formula is C16H22O3. The molecule has 0 aliphatic heterocycles. The van der Waals surface area contributed by atoms with Crippen molar-refractivity contribution in [2.75, 3.05) is 0 Å². The first kappa shape index (κ1) is 12.9. The van der Waals surface area contributed by atoms with Crippen LogP contribution in [-0.2, 0) is 14.3 Å². The van der Waals surface area contributed by atoms with E-state index in [0.29, 0.717) is 6.42 Å². The summed E-state index contributed by atoms with van der Waals surface area (Å²) in [6.07, 6.45) is 5.47. The minimum atomic E-state index is -0.923. The Kier molecular flexibility index (Phi) is 2.37. The van der Waals surface area contributed by atoms with Crippen LogP contribution >= 0.6 is 0 Å². The summed E-state index contributed by atoms with van der Waals surface area (Å²) in [5.74, 6) is -0.1000. The molecule has 0 heterocycles. The highest BCUT2D eigenvalue weighted by molar-refractivity contribution is 5.94. The van der Waals surface area contributed by atoms with E-state index < -0.39 is 5.60 Å². The molecule has 3 saturated carbocycles. The van der Waals surface area contributed by atoms with Crippen LogP contribution in [0.25, 0.3) is 0 Å². The molecule has 0 saturated heterocycles. The first-order valence-electron chi connectivity index (χ1n) is 7.14. The van der Waals surface area contributed by atoms with E-state index in [0.717, 1.165) is 19.3 Å². The molecular weight excluding hydrogens is 240 g/mol. The van der Waals surface area contributed by atoms with Gasteiger partial charge in [-0.15, -0.1) is 6.58 Å². The Morgan fingerprint density at radius 2 is 2.00 bits per heavy atom. The molecule has 1 unspecified atom stereocenters. The minimum Gasteiger partial charge on any atom is -0.450 e. The van der Waals surface area contributed by atoms with Gasteiger partial charge in [-0.3, -0.25) is 9.59 Å². The lowest BCUT2D eigenvalue weighted by molar-refractivity contribution is -0.171. The van der Waals surface area contributed by atoms with Crippen LogP contribution in [0.15, 0.2) is 12.7 Å². The summed E-state index contributed by atoms with van der Waals surface area (Å²) in [6.45, 7) is 9.73. The minimum absolute atomic E-state index is 0.000949. The molecule has 0 radical (unpaired) electrons. The molecule has 3 nitrogen and oxygen atoms in total. The quantitative estimate of drug-likeness (QED) is 0.567. The number of esters is 1. The zero-order valence-electron chi connectivity index (χ0n) is 12.0. The molecule has 3 rings (SSSR count). The summed E-state index contributed by atoms with van der Waals surface area (Å²) in [7, 11) is 0. The van der Waals surface area contributed by atoms with Gasteiger partial charge in [0.2, 0.25) is 0 Å². The lowest BCUT2D eigenvalue weighted by Crippen LogP contribution is -2.48. The van der Waals surface area contributed by atoms with Gasteiger partial charge in [-0.1, -0.05) is 19.9 Å². The molecule has 0 amide bonds. The van der Waals surface area contributed by atoms with E-state index in [9.17, 15) is 9.59 Å². The summed E-state index contributed by atoms with van der Waals surface area (Å²) in [5.41, 5.74) is -0.818. The summed E-state index contributed by atoms with van der Waals surface area (Å²) in [4.78, 5) is 24.3. The molecule has 0 N–H and O–H groups in total. The van der Waals surface area contributed by atoms with Crippen LogP contribution in [0.5, 0.6) is 0 Å². The monoisotopic (exact) mass is 262 g/mol. The van der Waals surface area contributed by atoms with Gasteiger partial charge in [-0.25, -0.2) is 0 Å². The van der Waals surface area contributed by atoms with Gasteiger partial charge >= 0.3 is 5.97 Å². The van der Waals surface area contributed by atoms with Crippen molar-refractivity contribution >= 4 is 11.8 Å². The van der Waals surface area contributed by atoms with Crippen molar-refractivity contribution < 1.29 is 14.3 Å². The topological polar surface area (TPSA) is 43.4 Å². The highest BCUT2D eigenvalue weighted by Crippen LogP contribution is 2.73. The number of hydrogen-bond donors (Lipinski definition) is 0. The largest absolute Gasteiger partial charge is 0.450 e. The van der Waals surface area contributed by atoms with Crippen LogP contribution < -0.4 is 0 Å². The first-order chi connectivity index (χ1) is 8.78. The Hall–Kier alpha value is -1.12. The van der Waals surface area contributed by atoms with Gasteiger partial charge in [0.15, 0.2) is 11.4 Å². The molecule has 3 heteroatoms. The van der Waals surface area contributed by atoms with Crippen LogP contribution in [0.2, 0.25) is 0 Å². The van der Waals surface area contributed by atoms with Crippen LogP contribution in [0.3, 0.4) is 0 Å². The molecule has 3 fully saturated rings. The maximum atomic E-state index is 12.7. The van der Waals surface area contributed by atoms with Crippen LogP contribution in [0, 0.1) is 22.7 Å². The molecule has 3 aliphatic rings. The van der Waals surface area contributed by atoms with Crippen LogP contribution in [-0.4, -0.2) is 17.4 Å². The summed E-state index contributed by atoms with van der Waals surface area (Å²) in [6, 6.07) is 0. The number of hydrogen-bond acceptors (Lipinski definition) is 3. The number of rotatable bonds is 2. The van der Waals surface area contributed by atoms with Crippen LogP contribution in [0.1, 0.15) is 46.5 Å². The Morgan fingerprint density at radius 1 is 1.37 bits per heavy atom.